The van der Waals surface area contributed by atoms with Crippen molar-refractivity contribution in [2.75, 3.05) is 5.75 Å². The molecule has 1 aliphatic rings. The Balaban J connectivity index is 2.24. The molecule has 0 atom stereocenters. The van der Waals surface area contributed by atoms with Crippen LogP contribution in [0.5, 0.6) is 0 Å². The fourth-order valence-corrected chi connectivity index (χ4v) is 3.03. The van der Waals surface area contributed by atoms with E-state index in [4.69, 9.17) is 0 Å². The molecular formula is C10H11FO2S. The Morgan fingerprint density at radius 3 is 2.29 bits per heavy atom. The molecule has 4 heteroatoms. The number of halogens is 1. The molecule has 2 nitrogen and oxygen atoms in total. The van der Waals surface area contributed by atoms with E-state index in [1.54, 1.807) is 0 Å². The van der Waals surface area contributed by atoms with Gasteiger partial charge in [0.15, 0.2) is 9.84 Å². The number of rotatable bonds is 3. The topological polar surface area (TPSA) is 34.1 Å². The third-order valence-electron chi connectivity index (χ3n) is 2.32. The van der Waals surface area contributed by atoms with Gasteiger partial charge in [-0.15, -0.1) is 0 Å². The Morgan fingerprint density at radius 1 is 1.21 bits per heavy atom. The highest BCUT2D eigenvalue weighted by Gasteiger charge is 2.28. The van der Waals surface area contributed by atoms with E-state index in [0.29, 0.717) is 5.92 Å². The van der Waals surface area contributed by atoms with Crippen LogP contribution in [-0.4, -0.2) is 14.2 Å². The van der Waals surface area contributed by atoms with E-state index in [1.807, 2.05) is 0 Å². The average Bonchev–Trinajstić information content (AvgIpc) is 2.88. The fourth-order valence-electron chi connectivity index (χ4n) is 1.33. The van der Waals surface area contributed by atoms with Crippen LogP contribution in [0.1, 0.15) is 12.8 Å². The lowest BCUT2D eigenvalue weighted by molar-refractivity contribution is 0.591. The van der Waals surface area contributed by atoms with Crippen molar-refractivity contribution in [1.82, 2.24) is 0 Å². The van der Waals surface area contributed by atoms with E-state index in [-0.39, 0.29) is 10.6 Å². The van der Waals surface area contributed by atoms with Crippen LogP contribution >= 0.6 is 0 Å². The van der Waals surface area contributed by atoms with Gasteiger partial charge in [0.25, 0.3) is 0 Å². The van der Waals surface area contributed by atoms with Crippen molar-refractivity contribution < 1.29 is 12.8 Å². The molecule has 1 aromatic carbocycles. The molecule has 0 spiro atoms. The van der Waals surface area contributed by atoms with Crippen LogP contribution in [0, 0.1) is 11.7 Å². The van der Waals surface area contributed by atoms with E-state index in [1.165, 1.54) is 24.3 Å². The minimum absolute atomic E-state index is 0.207. The molecule has 0 saturated heterocycles. The van der Waals surface area contributed by atoms with E-state index >= 15 is 0 Å². The molecule has 2 rings (SSSR count). The SMILES string of the molecule is O=S(=O)(CC1CC1)c1ccc(F)cc1. The van der Waals surface area contributed by atoms with Crippen molar-refractivity contribution in [3.63, 3.8) is 0 Å². The van der Waals surface area contributed by atoms with Gasteiger partial charge in [-0.2, -0.15) is 0 Å². The summed E-state index contributed by atoms with van der Waals surface area (Å²) in [5.74, 6) is 0.124. The van der Waals surface area contributed by atoms with Crippen LogP contribution in [0.3, 0.4) is 0 Å². The van der Waals surface area contributed by atoms with E-state index < -0.39 is 15.7 Å². The van der Waals surface area contributed by atoms with Crippen LogP contribution in [-0.2, 0) is 9.84 Å². The molecule has 1 fully saturated rings. The van der Waals surface area contributed by atoms with Crippen LogP contribution < -0.4 is 0 Å². The molecule has 1 aromatic rings. The highest BCUT2D eigenvalue weighted by molar-refractivity contribution is 7.91. The minimum atomic E-state index is -3.18. The largest absolute Gasteiger partial charge is 0.224 e. The van der Waals surface area contributed by atoms with Crippen molar-refractivity contribution in [2.24, 2.45) is 5.92 Å². The van der Waals surface area contributed by atoms with Crippen LogP contribution in [0.4, 0.5) is 4.39 Å². The van der Waals surface area contributed by atoms with Gasteiger partial charge in [-0.3, -0.25) is 0 Å². The summed E-state index contributed by atoms with van der Waals surface area (Å²) >= 11 is 0. The lowest BCUT2D eigenvalue weighted by atomic mass is 10.4. The number of hydrogen-bond acceptors (Lipinski definition) is 2. The van der Waals surface area contributed by atoms with Gasteiger partial charge < -0.3 is 0 Å². The molecule has 0 heterocycles. The van der Waals surface area contributed by atoms with Gasteiger partial charge in [0, 0.05) is 0 Å². The first-order valence-electron chi connectivity index (χ1n) is 4.56. The molecule has 0 radical (unpaired) electrons. The Bertz CT molecular complexity index is 418. The van der Waals surface area contributed by atoms with Crippen LogP contribution in [0.2, 0.25) is 0 Å². The quantitative estimate of drug-likeness (QED) is 0.721. The Morgan fingerprint density at radius 2 is 1.79 bits per heavy atom. The first-order chi connectivity index (χ1) is 6.58. The lowest BCUT2D eigenvalue weighted by Crippen LogP contribution is -2.08. The van der Waals surface area contributed by atoms with Gasteiger partial charge in [-0.25, -0.2) is 12.8 Å². The van der Waals surface area contributed by atoms with E-state index in [2.05, 4.69) is 0 Å². The molecule has 0 bridgehead atoms. The molecule has 0 unspecified atom stereocenters. The Labute approximate surface area is 82.7 Å². The smallest absolute Gasteiger partial charge is 0.178 e. The van der Waals surface area contributed by atoms with Crippen molar-refractivity contribution in [1.29, 1.82) is 0 Å². The summed E-state index contributed by atoms with van der Waals surface area (Å²) in [7, 11) is -3.18. The maximum atomic E-state index is 12.6. The first kappa shape index (κ1) is 9.65. The van der Waals surface area contributed by atoms with Crippen molar-refractivity contribution >= 4 is 9.84 Å². The predicted molar refractivity (Wildman–Crippen MR) is 51.2 cm³/mol. The van der Waals surface area contributed by atoms with Crippen LogP contribution in [0.15, 0.2) is 29.2 Å². The number of benzene rings is 1. The van der Waals surface area contributed by atoms with Gasteiger partial charge in [-0.05, 0) is 43.0 Å². The standard InChI is InChI=1S/C10H11FO2S/c11-9-3-5-10(6-4-9)14(12,13)7-8-1-2-8/h3-6,8H,1-2,7H2. The predicted octanol–water partition coefficient (Wildman–Crippen LogP) is 2.01. The van der Waals surface area contributed by atoms with Crippen molar-refractivity contribution in [3.05, 3.63) is 30.1 Å². The summed E-state index contributed by atoms with van der Waals surface area (Å²) in [4.78, 5) is 0.228. The first-order valence-corrected chi connectivity index (χ1v) is 6.21. The maximum absolute atomic E-state index is 12.6. The Kier molecular flexibility index (Phi) is 2.31. The maximum Gasteiger partial charge on any atom is 0.178 e. The van der Waals surface area contributed by atoms with Gasteiger partial charge >= 0.3 is 0 Å². The minimum Gasteiger partial charge on any atom is -0.224 e. The summed E-state index contributed by atoms with van der Waals surface area (Å²) in [5, 5.41) is 0. The Hall–Kier alpha value is -0.900. The zero-order valence-electron chi connectivity index (χ0n) is 7.61. The lowest BCUT2D eigenvalue weighted by Gasteiger charge is -2.02. The number of hydrogen-bond donors (Lipinski definition) is 0. The zero-order valence-corrected chi connectivity index (χ0v) is 8.43. The second kappa shape index (κ2) is 3.35. The molecule has 0 aromatic heterocycles. The second-order valence-electron chi connectivity index (χ2n) is 3.68. The summed E-state index contributed by atoms with van der Waals surface area (Å²) in [6, 6.07) is 5.01. The summed E-state index contributed by atoms with van der Waals surface area (Å²) in [6.07, 6.45) is 2.00. The summed E-state index contributed by atoms with van der Waals surface area (Å²) in [5.41, 5.74) is 0. The fraction of sp³-hybridized carbons (Fsp3) is 0.400. The molecule has 1 saturated carbocycles. The monoisotopic (exact) mass is 214 g/mol. The normalized spacial score (nSPS) is 16.9. The van der Waals surface area contributed by atoms with Gasteiger partial charge in [-0.1, -0.05) is 0 Å². The molecule has 1 aliphatic carbocycles. The van der Waals surface area contributed by atoms with Crippen LogP contribution in [0.25, 0.3) is 0 Å². The molecule has 0 N–H and O–H groups in total. The van der Waals surface area contributed by atoms with Gasteiger partial charge in [0.05, 0.1) is 10.6 Å². The molecule has 76 valence electrons. The van der Waals surface area contributed by atoms with Gasteiger partial charge in [0.2, 0.25) is 0 Å². The zero-order chi connectivity index (χ0) is 10.2. The molecule has 0 amide bonds. The second-order valence-corrected chi connectivity index (χ2v) is 5.71. The summed E-state index contributed by atoms with van der Waals surface area (Å²) in [6.45, 7) is 0. The highest BCUT2D eigenvalue weighted by Crippen LogP contribution is 2.32. The average molecular weight is 214 g/mol. The van der Waals surface area contributed by atoms with E-state index in [0.717, 1.165) is 12.8 Å². The highest BCUT2D eigenvalue weighted by atomic mass is 32.2. The molecule has 0 aliphatic heterocycles. The third-order valence-corrected chi connectivity index (χ3v) is 4.23. The summed E-state index contributed by atoms with van der Waals surface area (Å²) < 4.78 is 35.9. The molecular weight excluding hydrogens is 203 g/mol. The number of sulfone groups is 1. The van der Waals surface area contributed by atoms with E-state index in [9.17, 15) is 12.8 Å². The molecule has 14 heavy (non-hydrogen) atoms. The van der Waals surface area contributed by atoms with Crippen molar-refractivity contribution in [2.45, 2.75) is 17.7 Å². The third kappa shape index (κ3) is 2.12. The van der Waals surface area contributed by atoms with Gasteiger partial charge in [0.1, 0.15) is 5.82 Å². The van der Waals surface area contributed by atoms with Crippen molar-refractivity contribution in [3.8, 4) is 0 Å².